The molecule has 26 heavy (non-hydrogen) atoms. The van der Waals surface area contributed by atoms with Gasteiger partial charge in [-0.25, -0.2) is 9.18 Å². The van der Waals surface area contributed by atoms with Crippen LogP contribution in [0.25, 0.3) is 0 Å². The number of amides is 2. The predicted molar refractivity (Wildman–Crippen MR) is 99.0 cm³/mol. The SMILES string of the molecule is C[C@@H](NC(=O)NC1CCN(Cc2ccncc2)CC1)c1ccccc1F. The van der Waals surface area contributed by atoms with Crippen LogP contribution in [0.1, 0.15) is 36.9 Å². The van der Waals surface area contributed by atoms with Crippen molar-refractivity contribution in [2.45, 2.75) is 38.4 Å². The van der Waals surface area contributed by atoms with Crippen molar-refractivity contribution in [2.24, 2.45) is 0 Å². The van der Waals surface area contributed by atoms with Crippen molar-refractivity contribution in [3.05, 3.63) is 65.7 Å². The molecule has 6 heteroatoms. The number of likely N-dealkylation sites (tertiary alicyclic amines) is 1. The summed E-state index contributed by atoms with van der Waals surface area (Å²) in [6.07, 6.45) is 5.44. The van der Waals surface area contributed by atoms with Crippen LogP contribution in [0.15, 0.2) is 48.8 Å². The van der Waals surface area contributed by atoms with Gasteiger partial charge in [0.05, 0.1) is 6.04 Å². The molecule has 1 fully saturated rings. The zero-order chi connectivity index (χ0) is 18.4. The third kappa shape index (κ3) is 5.02. The van der Waals surface area contributed by atoms with Crippen LogP contribution in [-0.4, -0.2) is 35.0 Å². The van der Waals surface area contributed by atoms with Crippen LogP contribution in [0, 0.1) is 5.82 Å². The lowest BCUT2D eigenvalue weighted by Gasteiger charge is -2.32. The molecule has 1 atom stereocenters. The number of hydrogen-bond donors (Lipinski definition) is 2. The van der Waals surface area contributed by atoms with Gasteiger partial charge >= 0.3 is 6.03 Å². The maximum Gasteiger partial charge on any atom is 0.315 e. The van der Waals surface area contributed by atoms with E-state index in [4.69, 9.17) is 0 Å². The van der Waals surface area contributed by atoms with E-state index in [2.05, 4.69) is 20.5 Å². The number of nitrogens with zero attached hydrogens (tertiary/aromatic N) is 2. The summed E-state index contributed by atoms with van der Waals surface area (Å²) < 4.78 is 13.8. The highest BCUT2D eigenvalue weighted by atomic mass is 19.1. The first-order valence-electron chi connectivity index (χ1n) is 9.04. The van der Waals surface area contributed by atoms with Gasteiger partial charge in [-0.1, -0.05) is 18.2 Å². The molecule has 0 saturated carbocycles. The van der Waals surface area contributed by atoms with E-state index in [-0.39, 0.29) is 23.9 Å². The highest BCUT2D eigenvalue weighted by Gasteiger charge is 2.21. The third-order valence-corrected chi connectivity index (χ3v) is 4.80. The van der Waals surface area contributed by atoms with Gasteiger partial charge in [-0.2, -0.15) is 0 Å². The molecule has 138 valence electrons. The molecule has 1 aliphatic heterocycles. The second kappa shape index (κ2) is 8.76. The Hall–Kier alpha value is -2.47. The summed E-state index contributed by atoms with van der Waals surface area (Å²) in [6.45, 7) is 4.58. The van der Waals surface area contributed by atoms with Crippen molar-refractivity contribution >= 4 is 6.03 Å². The van der Waals surface area contributed by atoms with Gasteiger partial charge in [0.1, 0.15) is 5.82 Å². The molecule has 0 spiro atoms. The number of urea groups is 1. The zero-order valence-electron chi connectivity index (χ0n) is 15.0. The van der Waals surface area contributed by atoms with Crippen LogP contribution in [-0.2, 0) is 6.54 Å². The highest BCUT2D eigenvalue weighted by molar-refractivity contribution is 5.74. The Morgan fingerprint density at radius 3 is 2.62 bits per heavy atom. The van der Waals surface area contributed by atoms with Gasteiger partial charge < -0.3 is 10.6 Å². The van der Waals surface area contributed by atoms with Gasteiger partial charge in [0, 0.05) is 43.6 Å². The van der Waals surface area contributed by atoms with Crippen LogP contribution in [0.5, 0.6) is 0 Å². The summed E-state index contributed by atoms with van der Waals surface area (Å²) in [5.74, 6) is -0.301. The normalized spacial score (nSPS) is 16.8. The fraction of sp³-hybridized carbons (Fsp3) is 0.400. The predicted octanol–water partition coefficient (Wildman–Crippen LogP) is 3.25. The molecule has 1 aromatic heterocycles. The van der Waals surface area contributed by atoms with E-state index in [0.717, 1.165) is 32.5 Å². The van der Waals surface area contributed by atoms with E-state index >= 15 is 0 Å². The van der Waals surface area contributed by atoms with Gasteiger partial charge in [0.25, 0.3) is 0 Å². The summed E-state index contributed by atoms with van der Waals surface area (Å²) in [7, 11) is 0. The molecule has 1 saturated heterocycles. The zero-order valence-corrected chi connectivity index (χ0v) is 15.0. The third-order valence-electron chi connectivity index (χ3n) is 4.80. The molecule has 1 aliphatic rings. The molecule has 0 unspecified atom stereocenters. The summed E-state index contributed by atoms with van der Waals surface area (Å²) in [5.41, 5.74) is 1.75. The molecule has 0 aliphatic carbocycles. The smallest absolute Gasteiger partial charge is 0.315 e. The second-order valence-corrected chi connectivity index (χ2v) is 6.77. The first-order valence-corrected chi connectivity index (χ1v) is 9.04. The van der Waals surface area contributed by atoms with Crippen LogP contribution in [0.2, 0.25) is 0 Å². The van der Waals surface area contributed by atoms with E-state index in [0.29, 0.717) is 5.56 Å². The number of carbonyl (C=O) groups excluding carboxylic acids is 1. The number of aromatic nitrogens is 1. The number of nitrogens with one attached hydrogen (secondary N) is 2. The van der Waals surface area contributed by atoms with E-state index in [1.807, 2.05) is 24.5 Å². The Morgan fingerprint density at radius 2 is 1.92 bits per heavy atom. The van der Waals surface area contributed by atoms with E-state index in [1.54, 1.807) is 25.1 Å². The molecular formula is C20H25FN4O. The van der Waals surface area contributed by atoms with E-state index in [1.165, 1.54) is 11.6 Å². The summed E-state index contributed by atoms with van der Waals surface area (Å²) in [5, 5.41) is 5.84. The molecule has 1 aromatic carbocycles. The molecule has 2 amide bonds. The van der Waals surface area contributed by atoms with Crippen molar-refractivity contribution in [2.75, 3.05) is 13.1 Å². The minimum Gasteiger partial charge on any atom is -0.335 e. The molecule has 0 radical (unpaired) electrons. The lowest BCUT2D eigenvalue weighted by molar-refractivity contribution is 0.186. The minimum atomic E-state index is -0.372. The van der Waals surface area contributed by atoms with Crippen LogP contribution < -0.4 is 10.6 Å². The first kappa shape index (κ1) is 18.3. The number of pyridine rings is 1. The van der Waals surface area contributed by atoms with Gasteiger partial charge in [-0.15, -0.1) is 0 Å². The summed E-state index contributed by atoms with van der Waals surface area (Å²) in [6, 6.07) is 10.1. The summed E-state index contributed by atoms with van der Waals surface area (Å²) in [4.78, 5) is 18.6. The van der Waals surface area contributed by atoms with Crippen LogP contribution in [0.4, 0.5) is 9.18 Å². The number of piperidine rings is 1. The number of hydrogen-bond acceptors (Lipinski definition) is 3. The average molecular weight is 356 g/mol. The molecule has 2 N–H and O–H groups in total. The monoisotopic (exact) mass is 356 g/mol. The van der Waals surface area contributed by atoms with E-state index < -0.39 is 0 Å². The molecule has 0 bridgehead atoms. The van der Waals surface area contributed by atoms with Gasteiger partial charge in [0.15, 0.2) is 0 Å². The Labute approximate surface area is 153 Å². The fourth-order valence-corrected chi connectivity index (χ4v) is 3.31. The number of carbonyl (C=O) groups is 1. The van der Waals surface area contributed by atoms with Crippen molar-refractivity contribution in [3.63, 3.8) is 0 Å². The first-order chi connectivity index (χ1) is 12.6. The molecule has 5 nitrogen and oxygen atoms in total. The maximum atomic E-state index is 13.8. The quantitative estimate of drug-likeness (QED) is 0.865. The molecule has 2 aromatic rings. The molecule has 3 rings (SSSR count). The number of halogens is 1. The van der Waals surface area contributed by atoms with Crippen molar-refractivity contribution < 1.29 is 9.18 Å². The van der Waals surface area contributed by atoms with Crippen LogP contribution >= 0.6 is 0 Å². The molecule has 2 heterocycles. The highest BCUT2D eigenvalue weighted by Crippen LogP contribution is 2.17. The Bertz CT molecular complexity index is 717. The van der Waals surface area contributed by atoms with Gasteiger partial charge in [-0.3, -0.25) is 9.88 Å². The maximum absolute atomic E-state index is 13.8. The summed E-state index contributed by atoms with van der Waals surface area (Å²) >= 11 is 0. The van der Waals surface area contributed by atoms with Crippen LogP contribution in [0.3, 0.4) is 0 Å². The Morgan fingerprint density at radius 1 is 1.23 bits per heavy atom. The Kier molecular flexibility index (Phi) is 6.17. The Balaban J connectivity index is 1.43. The largest absolute Gasteiger partial charge is 0.335 e. The lowest BCUT2D eigenvalue weighted by Crippen LogP contribution is -2.48. The fourth-order valence-electron chi connectivity index (χ4n) is 3.31. The second-order valence-electron chi connectivity index (χ2n) is 6.77. The van der Waals surface area contributed by atoms with Crippen molar-refractivity contribution in [3.8, 4) is 0 Å². The van der Waals surface area contributed by atoms with Crippen molar-refractivity contribution in [1.29, 1.82) is 0 Å². The number of rotatable bonds is 5. The van der Waals surface area contributed by atoms with Gasteiger partial charge in [-0.05, 0) is 43.5 Å². The topological polar surface area (TPSA) is 57.3 Å². The number of benzene rings is 1. The molecular weight excluding hydrogens is 331 g/mol. The van der Waals surface area contributed by atoms with Gasteiger partial charge in [0.2, 0.25) is 0 Å². The van der Waals surface area contributed by atoms with Crippen molar-refractivity contribution in [1.82, 2.24) is 20.5 Å². The van der Waals surface area contributed by atoms with E-state index in [9.17, 15) is 9.18 Å². The minimum absolute atomic E-state index is 0.150. The average Bonchev–Trinajstić information content (AvgIpc) is 2.64. The standard InChI is InChI=1S/C20H25FN4O/c1-15(18-4-2-3-5-19(18)21)23-20(26)24-17-8-12-25(13-9-17)14-16-6-10-22-11-7-16/h2-7,10-11,15,17H,8-9,12-14H2,1H3,(H2,23,24,26)/t15-/m1/s1. The lowest BCUT2D eigenvalue weighted by atomic mass is 10.0.